The molecule has 26 heavy (non-hydrogen) atoms. The number of nitrogens with one attached hydrogen (secondary N) is 2. The molecule has 1 aliphatic carbocycles. The summed E-state index contributed by atoms with van der Waals surface area (Å²) < 4.78 is 12.8. The molecule has 8 heteroatoms. The van der Waals surface area contributed by atoms with E-state index in [9.17, 15) is 14.0 Å². The van der Waals surface area contributed by atoms with Crippen molar-refractivity contribution in [2.75, 3.05) is 16.4 Å². The number of halogens is 1. The molecule has 0 bridgehead atoms. The van der Waals surface area contributed by atoms with Crippen LogP contribution in [-0.4, -0.2) is 22.6 Å². The van der Waals surface area contributed by atoms with E-state index in [1.54, 1.807) is 0 Å². The van der Waals surface area contributed by atoms with Gasteiger partial charge in [0.1, 0.15) is 5.82 Å². The molecule has 1 heterocycles. The van der Waals surface area contributed by atoms with E-state index in [2.05, 4.69) is 15.6 Å². The van der Waals surface area contributed by atoms with Crippen LogP contribution in [0.5, 0.6) is 0 Å². The second-order valence-electron chi connectivity index (χ2n) is 6.16. The lowest BCUT2D eigenvalue weighted by molar-refractivity contribution is -0.119. The summed E-state index contributed by atoms with van der Waals surface area (Å²) >= 11 is 2.85. The van der Waals surface area contributed by atoms with E-state index in [0.717, 1.165) is 31.4 Å². The van der Waals surface area contributed by atoms with Gasteiger partial charge >= 0.3 is 0 Å². The number of anilines is 2. The molecule has 2 aromatic rings. The first-order valence-electron chi connectivity index (χ1n) is 8.48. The van der Waals surface area contributed by atoms with Gasteiger partial charge in [0.15, 0.2) is 5.13 Å². The van der Waals surface area contributed by atoms with Gasteiger partial charge in [0.2, 0.25) is 11.8 Å². The lowest BCUT2D eigenvalue weighted by atomic mass is 10.1. The van der Waals surface area contributed by atoms with Crippen LogP contribution >= 0.6 is 23.1 Å². The number of nitrogens with zero attached hydrogens (tertiary/aromatic N) is 1. The van der Waals surface area contributed by atoms with Gasteiger partial charge in [-0.25, -0.2) is 9.37 Å². The maximum atomic E-state index is 12.8. The number of rotatable bonds is 7. The lowest BCUT2D eigenvalue weighted by Crippen LogP contribution is -2.20. The number of hydrogen-bond donors (Lipinski definition) is 2. The van der Waals surface area contributed by atoms with Crippen molar-refractivity contribution in [2.45, 2.75) is 31.4 Å². The molecule has 1 saturated carbocycles. The first-order valence-corrected chi connectivity index (χ1v) is 10.5. The summed E-state index contributed by atoms with van der Waals surface area (Å²) in [6, 6.07) is 5.66. The van der Waals surface area contributed by atoms with Crippen molar-refractivity contribution in [3.8, 4) is 0 Å². The zero-order valence-corrected chi connectivity index (χ0v) is 15.8. The average Bonchev–Trinajstić information content (AvgIpc) is 3.29. The Bertz CT molecular complexity index is 758. The molecule has 0 atom stereocenters. The third-order valence-electron chi connectivity index (χ3n) is 4.12. The van der Waals surface area contributed by atoms with E-state index in [1.807, 2.05) is 5.38 Å². The van der Waals surface area contributed by atoms with Crippen LogP contribution in [0.25, 0.3) is 0 Å². The molecular formula is C18H20FN3O2S2. The summed E-state index contributed by atoms with van der Waals surface area (Å²) in [5.74, 6) is 0.565. The molecule has 138 valence electrons. The van der Waals surface area contributed by atoms with Crippen LogP contribution in [0.3, 0.4) is 0 Å². The average molecular weight is 394 g/mol. The highest BCUT2D eigenvalue weighted by atomic mass is 32.2. The lowest BCUT2D eigenvalue weighted by Gasteiger charge is -2.07. The van der Waals surface area contributed by atoms with Gasteiger partial charge in [0, 0.05) is 22.7 Å². The fraction of sp³-hybridized carbons (Fsp3) is 0.389. The number of benzene rings is 1. The first-order chi connectivity index (χ1) is 12.6. The number of hydrogen-bond acceptors (Lipinski definition) is 5. The molecule has 0 radical (unpaired) electrons. The van der Waals surface area contributed by atoms with Gasteiger partial charge in [-0.1, -0.05) is 12.8 Å². The Kier molecular flexibility index (Phi) is 6.62. The van der Waals surface area contributed by atoms with Crippen molar-refractivity contribution in [2.24, 2.45) is 5.92 Å². The fourth-order valence-electron chi connectivity index (χ4n) is 2.80. The number of thiazole rings is 1. The Morgan fingerprint density at radius 3 is 2.65 bits per heavy atom. The second-order valence-corrected chi connectivity index (χ2v) is 8.01. The SMILES string of the molecule is O=C(CSCc1csc(NC(=O)C2CCCC2)n1)Nc1ccc(F)cc1. The van der Waals surface area contributed by atoms with E-state index in [-0.39, 0.29) is 29.3 Å². The maximum Gasteiger partial charge on any atom is 0.234 e. The number of amides is 2. The standard InChI is InChI=1S/C18H20FN3O2S2/c19-13-5-7-14(8-6-13)20-16(23)11-25-9-15-10-26-18(21-15)22-17(24)12-3-1-2-4-12/h5-8,10,12H,1-4,9,11H2,(H,20,23)(H,21,22,24). The van der Waals surface area contributed by atoms with E-state index in [0.29, 0.717) is 16.6 Å². The summed E-state index contributed by atoms with van der Waals surface area (Å²) in [6.45, 7) is 0. The minimum Gasteiger partial charge on any atom is -0.325 e. The van der Waals surface area contributed by atoms with Crippen molar-refractivity contribution in [3.05, 3.63) is 41.2 Å². The van der Waals surface area contributed by atoms with Gasteiger partial charge in [-0.15, -0.1) is 23.1 Å². The van der Waals surface area contributed by atoms with E-state index >= 15 is 0 Å². The number of carbonyl (C=O) groups is 2. The van der Waals surface area contributed by atoms with Crippen molar-refractivity contribution < 1.29 is 14.0 Å². The summed E-state index contributed by atoms with van der Waals surface area (Å²) in [5.41, 5.74) is 1.42. The molecule has 0 aliphatic heterocycles. The molecule has 0 unspecified atom stereocenters. The second kappa shape index (κ2) is 9.14. The highest BCUT2D eigenvalue weighted by Gasteiger charge is 2.23. The molecule has 1 aromatic carbocycles. The highest BCUT2D eigenvalue weighted by molar-refractivity contribution is 7.99. The molecule has 2 N–H and O–H groups in total. The van der Waals surface area contributed by atoms with Crippen LogP contribution in [0.4, 0.5) is 15.2 Å². The van der Waals surface area contributed by atoms with E-state index in [1.165, 1.54) is 47.4 Å². The van der Waals surface area contributed by atoms with E-state index < -0.39 is 0 Å². The van der Waals surface area contributed by atoms with Crippen molar-refractivity contribution >= 4 is 45.7 Å². The molecule has 2 amide bonds. The first kappa shape index (κ1) is 18.8. The Morgan fingerprint density at radius 2 is 1.92 bits per heavy atom. The number of thioether (sulfide) groups is 1. The van der Waals surface area contributed by atoms with Crippen LogP contribution in [0.1, 0.15) is 31.4 Å². The van der Waals surface area contributed by atoms with Gasteiger partial charge in [-0.2, -0.15) is 0 Å². The molecule has 0 spiro atoms. The van der Waals surface area contributed by atoms with Gasteiger partial charge in [0.05, 0.1) is 11.4 Å². The zero-order chi connectivity index (χ0) is 18.4. The highest BCUT2D eigenvalue weighted by Crippen LogP contribution is 2.27. The van der Waals surface area contributed by atoms with Gasteiger partial charge in [-0.05, 0) is 37.1 Å². The zero-order valence-electron chi connectivity index (χ0n) is 14.2. The van der Waals surface area contributed by atoms with Crippen LogP contribution in [-0.2, 0) is 15.3 Å². The van der Waals surface area contributed by atoms with Gasteiger partial charge in [-0.3, -0.25) is 9.59 Å². The number of aromatic nitrogens is 1. The Hall–Kier alpha value is -1.93. The maximum absolute atomic E-state index is 12.8. The summed E-state index contributed by atoms with van der Waals surface area (Å²) in [7, 11) is 0. The van der Waals surface area contributed by atoms with Crippen molar-refractivity contribution in [3.63, 3.8) is 0 Å². The van der Waals surface area contributed by atoms with Crippen molar-refractivity contribution in [1.29, 1.82) is 0 Å². The van der Waals surface area contributed by atoms with Crippen LogP contribution in [0.15, 0.2) is 29.6 Å². The molecule has 1 fully saturated rings. The summed E-state index contributed by atoms with van der Waals surface area (Å²) in [5, 5.41) is 8.12. The minimum absolute atomic E-state index is 0.0646. The molecular weight excluding hydrogens is 373 g/mol. The molecule has 1 aromatic heterocycles. The normalized spacial score (nSPS) is 14.3. The topological polar surface area (TPSA) is 71.1 Å². The Balaban J connectivity index is 1.39. The predicted molar refractivity (Wildman–Crippen MR) is 104 cm³/mol. The third kappa shape index (κ3) is 5.54. The van der Waals surface area contributed by atoms with Gasteiger partial charge < -0.3 is 10.6 Å². The van der Waals surface area contributed by atoms with Gasteiger partial charge in [0.25, 0.3) is 0 Å². The van der Waals surface area contributed by atoms with E-state index in [4.69, 9.17) is 0 Å². The third-order valence-corrected chi connectivity index (χ3v) is 5.89. The van der Waals surface area contributed by atoms with Crippen molar-refractivity contribution in [1.82, 2.24) is 4.98 Å². The smallest absolute Gasteiger partial charge is 0.234 e. The monoisotopic (exact) mass is 393 g/mol. The fourth-order valence-corrected chi connectivity index (χ4v) is 4.34. The largest absolute Gasteiger partial charge is 0.325 e. The minimum atomic E-state index is -0.336. The quantitative estimate of drug-likeness (QED) is 0.736. The summed E-state index contributed by atoms with van der Waals surface area (Å²) in [4.78, 5) is 28.4. The molecule has 5 nitrogen and oxygen atoms in total. The van der Waals surface area contributed by atoms with Crippen LogP contribution in [0.2, 0.25) is 0 Å². The summed E-state index contributed by atoms with van der Waals surface area (Å²) in [6.07, 6.45) is 4.17. The Labute approximate surface area is 159 Å². The Morgan fingerprint density at radius 1 is 1.19 bits per heavy atom. The predicted octanol–water partition coefficient (Wildman–Crippen LogP) is 4.28. The number of carbonyl (C=O) groups excluding carboxylic acids is 2. The van der Waals surface area contributed by atoms with Crippen LogP contribution in [0, 0.1) is 11.7 Å². The van der Waals surface area contributed by atoms with Crippen LogP contribution < -0.4 is 10.6 Å². The molecule has 1 aliphatic rings. The molecule has 0 saturated heterocycles. The molecule has 3 rings (SSSR count).